The zero-order valence-corrected chi connectivity index (χ0v) is 14.5. The van der Waals surface area contributed by atoms with Crippen LogP contribution in [0.15, 0.2) is 42.6 Å². The van der Waals surface area contributed by atoms with Gasteiger partial charge in [0.1, 0.15) is 11.9 Å². The van der Waals surface area contributed by atoms with Gasteiger partial charge in [-0.3, -0.25) is 4.79 Å². The number of pyridine rings is 1. The van der Waals surface area contributed by atoms with Crippen molar-refractivity contribution in [1.82, 2.24) is 4.98 Å². The van der Waals surface area contributed by atoms with Gasteiger partial charge in [-0.15, -0.1) is 0 Å². The molecule has 136 valence electrons. The number of esters is 1. The van der Waals surface area contributed by atoms with Gasteiger partial charge in [-0.1, -0.05) is 0 Å². The highest BCUT2D eigenvalue weighted by Gasteiger charge is 2.23. The van der Waals surface area contributed by atoms with E-state index in [1.54, 1.807) is 43.5 Å². The fourth-order valence-electron chi connectivity index (χ4n) is 2.60. The number of anilines is 3. The van der Waals surface area contributed by atoms with Crippen molar-refractivity contribution in [2.45, 2.75) is 25.9 Å². The van der Waals surface area contributed by atoms with Gasteiger partial charge in [-0.05, 0) is 56.2 Å². The molecule has 7 heteroatoms. The lowest BCUT2D eigenvalue weighted by molar-refractivity contribution is -0.124. The van der Waals surface area contributed by atoms with Gasteiger partial charge in [-0.25, -0.2) is 9.78 Å². The molecule has 2 N–H and O–H groups in total. The number of hydrogen-bond acceptors (Lipinski definition) is 6. The molecule has 1 atom stereocenters. The van der Waals surface area contributed by atoms with E-state index in [9.17, 15) is 9.59 Å². The van der Waals surface area contributed by atoms with E-state index in [4.69, 9.17) is 9.47 Å². The quantitative estimate of drug-likeness (QED) is 0.774. The molecule has 2 aromatic rings. The second-order valence-electron chi connectivity index (χ2n) is 5.85. The largest absolute Gasteiger partial charge is 0.462 e. The lowest BCUT2D eigenvalue weighted by atomic mass is 10.2. The van der Waals surface area contributed by atoms with Crippen LogP contribution in [0.4, 0.5) is 17.2 Å². The summed E-state index contributed by atoms with van der Waals surface area (Å²) in [4.78, 5) is 27.9. The maximum Gasteiger partial charge on any atom is 0.338 e. The first-order valence-electron chi connectivity index (χ1n) is 8.58. The lowest BCUT2D eigenvalue weighted by Gasteiger charge is -2.11. The molecule has 1 unspecified atom stereocenters. The Labute approximate surface area is 151 Å². The van der Waals surface area contributed by atoms with Gasteiger partial charge in [0.2, 0.25) is 0 Å². The monoisotopic (exact) mass is 355 g/mol. The number of carbonyl (C=O) groups is 2. The third-order valence-electron chi connectivity index (χ3n) is 3.92. The Morgan fingerprint density at radius 3 is 2.58 bits per heavy atom. The van der Waals surface area contributed by atoms with Gasteiger partial charge < -0.3 is 20.1 Å². The maximum atomic E-state index is 12.0. The van der Waals surface area contributed by atoms with Gasteiger partial charge in [0, 0.05) is 12.3 Å². The molecule has 3 rings (SSSR count). The predicted octanol–water partition coefficient (Wildman–Crippen LogP) is 3.12. The van der Waals surface area contributed by atoms with E-state index in [1.165, 1.54) is 0 Å². The second-order valence-corrected chi connectivity index (χ2v) is 5.85. The van der Waals surface area contributed by atoms with Crippen molar-refractivity contribution in [2.24, 2.45) is 0 Å². The van der Waals surface area contributed by atoms with Crippen molar-refractivity contribution < 1.29 is 19.1 Å². The van der Waals surface area contributed by atoms with E-state index in [0.717, 1.165) is 24.2 Å². The van der Waals surface area contributed by atoms with Gasteiger partial charge in [0.15, 0.2) is 0 Å². The Bertz CT molecular complexity index is 753. The number of carbonyl (C=O) groups excluding carboxylic acids is 2. The van der Waals surface area contributed by atoms with Gasteiger partial charge >= 0.3 is 5.97 Å². The minimum absolute atomic E-state index is 0.162. The summed E-state index contributed by atoms with van der Waals surface area (Å²) in [6.45, 7) is 2.75. The number of aromatic nitrogens is 1. The minimum Gasteiger partial charge on any atom is -0.462 e. The summed E-state index contributed by atoms with van der Waals surface area (Å²) in [6.07, 6.45) is 2.90. The van der Waals surface area contributed by atoms with E-state index in [1.807, 2.05) is 6.07 Å². The molecule has 2 heterocycles. The van der Waals surface area contributed by atoms with E-state index in [2.05, 4.69) is 15.6 Å². The first-order valence-corrected chi connectivity index (χ1v) is 8.58. The number of ether oxygens (including phenoxy) is 2. The zero-order chi connectivity index (χ0) is 18.4. The van der Waals surface area contributed by atoms with E-state index < -0.39 is 0 Å². The fourth-order valence-corrected chi connectivity index (χ4v) is 2.60. The van der Waals surface area contributed by atoms with Crippen LogP contribution in [0.1, 0.15) is 30.1 Å². The molecule has 1 amide bonds. The topological polar surface area (TPSA) is 89.6 Å². The summed E-state index contributed by atoms with van der Waals surface area (Å²) in [5.74, 6) is -0.0222. The first kappa shape index (κ1) is 17.9. The predicted molar refractivity (Wildman–Crippen MR) is 97.5 cm³/mol. The molecule has 1 aromatic heterocycles. The van der Waals surface area contributed by atoms with Crippen LogP contribution >= 0.6 is 0 Å². The van der Waals surface area contributed by atoms with Crippen LogP contribution < -0.4 is 10.6 Å². The van der Waals surface area contributed by atoms with E-state index >= 15 is 0 Å². The van der Waals surface area contributed by atoms with Crippen molar-refractivity contribution in [3.8, 4) is 0 Å². The van der Waals surface area contributed by atoms with Gasteiger partial charge in [-0.2, -0.15) is 0 Å². The smallest absolute Gasteiger partial charge is 0.338 e. The number of nitrogens with one attached hydrogen (secondary N) is 2. The maximum absolute atomic E-state index is 12.0. The first-order chi connectivity index (χ1) is 12.7. The summed E-state index contributed by atoms with van der Waals surface area (Å²) < 4.78 is 10.3. The zero-order valence-electron chi connectivity index (χ0n) is 14.5. The molecule has 1 saturated heterocycles. The molecule has 1 aliphatic rings. The number of hydrogen-bond donors (Lipinski definition) is 2. The molecular weight excluding hydrogens is 334 g/mol. The highest BCUT2D eigenvalue weighted by Crippen LogP contribution is 2.19. The molecule has 0 spiro atoms. The lowest BCUT2D eigenvalue weighted by Crippen LogP contribution is -2.27. The summed E-state index contributed by atoms with van der Waals surface area (Å²) in [5.41, 5.74) is 2.09. The van der Waals surface area contributed by atoms with Crippen molar-refractivity contribution >= 4 is 29.1 Å². The summed E-state index contributed by atoms with van der Waals surface area (Å²) in [5, 5.41) is 5.94. The number of amides is 1. The average Bonchev–Trinajstić information content (AvgIpc) is 3.19. The molecule has 7 nitrogen and oxygen atoms in total. The molecule has 1 aromatic carbocycles. The fraction of sp³-hybridized carbons (Fsp3) is 0.316. The molecule has 0 saturated carbocycles. The summed E-state index contributed by atoms with van der Waals surface area (Å²) in [6, 6.07) is 10.5. The summed E-state index contributed by atoms with van der Waals surface area (Å²) in [7, 11) is 0. The second kappa shape index (κ2) is 8.44. The SMILES string of the molecule is CCOC(=O)c1ccc(Nc2ccc(NC(=O)C3CCCO3)nc2)cc1. The van der Waals surface area contributed by atoms with Crippen molar-refractivity contribution in [1.29, 1.82) is 0 Å². The van der Waals surface area contributed by atoms with E-state index in [0.29, 0.717) is 24.6 Å². The van der Waals surface area contributed by atoms with Crippen LogP contribution in [-0.4, -0.2) is 36.2 Å². The molecule has 0 aliphatic carbocycles. The third-order valence-corrected chi connectivity index (χ3v) is 3.92. The minimum atomic E-state index is -0.382. The highest BCUT2D eigenvalue weighted by atomic mass is 16.5. The molecule has 0 radical (unpaired) electrons. The van der Waals surface area contributed by atoms with Crippen molar-refractivity contribution in [3.63, 3.8) is 0 Å². The molecular formula is C19H21N3O4. The Kier molecular flexibility index (Phi) is 5.80. The van der Waals surface area contributed by atoms with Crippen LogP contribution in [0.5, 0.6) is 0 Å². The molecule has 26 heavy (non-hydrogen) atoms. The third kappa shape index (κ3) is 4.58. The summed E-state index contributed by atoms with van der Waals surface area (Å²) >= 11 is 0. The molecule has 0 bridgehead atoms. The van der Waals surface area contributed by atoms with E-state index in [-0.39, 0.29) is 18.0 Å². The number of benzene rings is 1. The molecule has 1 fully saturated rings. The molecule has 1 aliphatic heterocycles. The van der Waals surface area contributed by atoms with Crippen LogP contribution in [0, 0.1) is 0 Å². The van der Waals surface area contributed by atoms with Gasteiger partial charge in [0.05, 0.1) is 24.1 Å². The highest BCUT2D eigenvalue weighted by molar-refractivity contribution is 5.93. The number of nitrogens with zero attached hydrogens (tertiary/aromatic N) is 1. The van der Waals surface area contributed by atoms with Gasteiger partial charge in [0.25, 0.3) is 5.91 Å². The Balaban J connectivity index is 1.57. The van der Waals surface area contributed by atoms with Crippen LogP contribution in [0.3, 0.4) is 0 Å². The van der Waals surface area contributed by atoms with Crippen LogP contribution in [0.2, 0.25) is 0 Å². The van der Waals surface area contributed by atoms with Crippen molar-refractivity contribution in [2.75, 3.05) is 23.8 Å². The Hall–Kier alpha value is -2.93. The number of rotatable bonds is 6. The van der Waals surface area contributed by atoms with Crippen molar-refractivity contribution in [3.05, 3.63) is 48.2 Å². The Morgan fingerprint density at radius 1 is 1.19 bits per heavy atom. The normalized spacial score (nSPS) is 16.1. The van der Waals surface area contributed by atoms with Crippen LogP contribution in [-0.2, 0) is 14.3 Å². The Morgan fingerprint density at radius 2 is 1.96 bits per heavy atom. The van der Waals surface area contributed by atoms with Crippen LogP contribution in [0.25, 0.3) is 0 Å². The standard InChI is InChI=1S/C19H21N3O4/c1-2-25-19(24)13-5-7-14(8-6-13)21-15-9-10-17(20-12-15)22-18(23)16-4-3-11-26-16/h5-10,12,16,21H,2-4,11H2,1H3,(H,20,22,23). The average molecular weight is 355 g/mol.